The van der Waals surface area contributed by atoms with Crippen LogP contribution in [0.2, 0.25) is 0 Å². The summed E-state index contributed by atoms with van der Waals surface area (Å²) in [5.74, 6) is 0. The van der Waals surface area contributed by atoms with E-state index in [2.05, 4.69) is 32.3 Å². The zero-order valence-corrected chi connectivity index (χ0v) is 7.81. The second-order valence-electron chi connectivity index (χ2n) is 3.13. The van der Waals surface area contributed by atoms with Crippen molar-refractivity contribution in [1.82, 2.24) is 5.48 Å². The van der Waals surface area contributed by atoms with Crippen LogP contribution < -0.4 is 5.48 Å². The summed E-state index contributed by atoms with van der Waals surface area (Å²) in [7, 11) is 0. The van der Waals surface area contributed by atoms with Crippen molar-refractivity contribution in [3.05, 3.63) is 34.4 Å². The third kappa shape index (κ3) is 1.65. The minimum Gasteiger partial charge on any atom is -0.316 e. The van der Waals surface area contributed by atoms with E-state index in [1.807, 2.05) is 6.07 Å². The van der Waals surface area contributed by atoms with Crippen LogP contribution in [0.25, 0.3) is 0 Å². The molecule has 0 bridgehead atoms. The van der Waals surface area contributed by atoms with Crippen molar-refractivity contribution in [2.45, 2.75) is 27.3 Å². The molecule has 0 aliphatic heterocycles. The number of aryl methyl sites for hydroxylation is 1. The van der Waals surface area contributed by atoms with Crippen molar-refractivity contribution in [3.8, 4) is 0 Å². The van der Waals surface area contributed by atoms with Gasteiger partial charge in [0.05, 0.1) is 0 Å². The Morgan fingerprint density at radius 3 is 2.42 bits per heavy atom. The fraction of sp³-hybridized carbons (Fsp3) is 0.400. The van der Waals surface area contributed by atoms with Crippen LogP contribution in [0.3, 0.4) is 0 Å². The molecular weight excluding hydrogens is 150 g/mol. The number of hydroxylamine groups is 1. The summed E-state index contributed by atoms with van der Waals surface area (Å²) in [5.41, 5.74) is 7.19. The Hall–Kier alpha value is -0.860. The minimum atomic E-state index is 0.521. The third-order valence-electron chi connectivity index (χ3n) is 2.44. The summed E-state index contributed by atoms with van der Waals surface area (Å²) in [5, 5.41) is 8.55. The van der Waals surface area contributed by atoms with E-state index in [0.29, 0.717) is 6.54 Å². The number of nitrogens with one attached hydrogen (secondary N) is 1. The van der Waals surface area contributed by atoms with Crippen LogP contribution in [0.15, 0.2) is 12.1 Å². The van der Waals surface area contributed by atoms with E-state index in [0.717, 1.165) is 5.56 Å². The van der Waals surface area contributed by atoms with E-state index < -0.39 is 0 Å². The fourth-order valence-electron chi connectivity index (χ4n) is 1.29. The predicted octanol–water partition coefficient (Wildman–Crippen LogP) is 2.09. The Labute approximate surface area is 73.2 Å². The third-order valence-corrected chi connectivity index (χ3v) is 2.44. The van der Waals surface area contributed by atoms with E-state index in [1.165, 1.54) is 16.7 Å². The molecule has 0 amide bonds. The summed E-state index contributed by atoms with van der Waals surface area (Å²) in [4.78, 5) is 0. The molecule has 2 nitrogen and oxygen atoms in total. The van der Waals surface area contributed by atoms with Crippen molar-refractivity contribution < 1.29 is 5.21 Å². The molecule has 2 heteroatoms. The van der Waals surface area contributed by atoms with Crippen LogP contribution in [-0.2, 0) is 6.54 Å². The lowest BCUT2D eigenvalue weighted by Crippen LogP contribution is -2.08. The van der Waals surface area contributed by atoms with Gasteiger partial charge in [0.15, 0.2) is 0 Å². The Bertz CT molecular complexity index is 281. The maximum atomic E-state index is 8.55. The van der Waals surface area contributed by atoms with Gasteiger partial charge in [-0.05, 0) is 43.0 Å². The van der Waals surface area contributed by atoms with Crippen molar-refractivity contribution >= 4 is 0 Å². The number of hydrogen-bond donors (Lipinski definition) is 2. The van der Waals surface area contributed by atoms with Gasteiger partial charge in [-0.3, -0.25) is 0 Å². The zero-order valence-electron chi connectivity index (χ0n) is 7.81. The molecule has 1 rings (SSSR count). The second-order valence-corrected chi connectivity index (χ2v) is 3.13. The summed E-state index contributed by atoms with van der Waals surface area (Å²) >= 11 is 0. The number of benzene rings is 1. The first-order valence-corrected chi connectivity index (χ1v) is 4.09. The lowest BCUT2D eigenvalue weighted by atomic mass is 9.99. The van der Waals surface area contributed by atoms with Crippen LogP contribution in [-0.4, -0.2) is 5.21 Å². The molecule has 0 unspecified atom stereocenters. The quantitative estimate of drug-likeness (QED) is 0.658. The molecule has 0 spiro atoms. The highest BCUT2D eigenvalue weighted by molar-refractivity contribution is 5.38. The normalized spacial score (nSPS) is 10.3. The van der Waals surface area contributed by atoms with E-state index in [9.17, 15) is 0 Å². The molecule has 0 aliphatic carbocycles. The molecule has 66 valence electrons. The molecule has 0 saturated heterocycles. The molecule has 0 fully saturated rings. The monoisotopic (exact) mass is 165 g/mol. The van der Waals surface area contributed by atoms with Crippen molar-refractivity contribution in [2.75, 3.05) is 0 Å². The minimum absolute atomic E-state index is 0.521. The number of hydrogen-bond acceptors (Lipinski definition) is 2. The second kappa shape index (κ2) is 3.70. The van der Waals surface area contributed by atoms with Gasteiger partial charge in [0.2, 0.25) is 0 Å². The zero-order chi connectivity index (χ0) is 9.14. The Morgan fingerprint density at radius 2 is 1.83 bits per heavy atom. The smallest absolute Gasteiger partial charge is 0.0460 e. The highest BCUT2D eigenvalue weighted by atomic mass is 16.5. The molecule has 1 aromatic carbocycles. The molecule has 0 aliphatic rings. The molecule has 0 radical (unpaired) electrons. The first-order valence-electron chi connectivity index (χ1n) is 4.09. The van der Waals surface area contributed by atoms with Crippen LogP contribution in [0.5, 0.6) is 0 Å². The maximum absolute atomic E-state index is 8.55. The molecule has 0 aromatic heterocycles. The van der Waals surface area contributed by atoms with Gasteiger partial charge in [-0.15, -0.1) is 0 Å². The molecule has 1 aromatic rings. The largest absolute Gasteiger partial charge is 0.316 e. The predicted molar refractivity (Wildman–Crippen MR) is 49.3 cm³/mol. The molecule has 0 heterocycles. The van der Waals surface area contributed by atoms with Crippen molar-refractivity contribution in [3.63, 3.8) is 0 Å². The molecule has 0 atom stereocenters. The van der Waals surface area contributed by atoms with Gasteiger partial charge in [-0.1, -0.05) is 12.1 Å². The summed E-state index contributed by atoms with van der Waals surface area (Å²) in [6.07, 6.45) is 0. The lowest BCUT2D eigenvalue weighted by molar-refractivity contribution is 0.161. The Kier molecular flexibility index (Phi) is 2.84. The molecular formula is C10H15NO. The standard InChI is InChI=1S/C10H15NO/c1-7-4-5-10(6-11-12)9(3)8(7)2/h4-5,11-12H,6H2,1-3H3. The number of rotatable bonds is 2. The highest BCUT2D eigenvalue weighted by Crippen LogP contribution is 2.16. The molecule has 0 saturated carbocycles. The topological polar surface area (TPSA) is 32.3 Å². The van der Waals surface area contributed by atoms with Gasteiger partial charge in [0.1, 0.15) is 0 Å². The van der Waals surface area contributed by atoms with Gasteiger partial charge < -0.3 is 5.21 Å². The fourth-order valence-corrected chi connectivity index (χ4v) is 1.29. The van der Waals surface area contributed by atoms with Crippen molar-refractivity contribution in [2.24, 2.45) is 0 Å². The average Bonchev–Trinajstić information content (AvgIpc) is 2.07. The molecule has 2 N–H and O–H groups in total. The summed E-state index contributed by atoms with van der Waals surface area (Å²) < 4.78 is 0. The SMILES string of the molecule is Cc1ccc(CNO)c(C)c1C. The lowest BCUT2D eigenvalue weighted by Gasteiger charge is -2.09. The summed E-state index contributed by atoms with van der Waals surface area (Å²) in [6.45, 7) is 6.80. The Morgan fingerprint density at radius 1 is 1.17 bits per heavy atom. The van der Waals surface area contributed by atoms with Crippen LogP contribution in [0.1, 0.15) is 22.3 Å². The highest BCUT2D eigenvalue weighted by Gasteiger charge is 2.01. The van der Waals surface area contributed by atoms with Crippen LogP contribution in [0, 0.1) is 20.8 Å². The van der Waals surface area contributed by atoms with Gasteiger partial charge in [0.25, 0.3) is 0 Å². The first kappa shape index (κ1) is 9.23. The van der Waals surface area contributed by atoms with Crippen LogP contribution in [0.4, 0.5) is 0 Å². The van der Waals surface area contributed by atoms with E-state index in [-0.39, 0.29) is 0 Å². The first-order chi connectivity index (χ1) is 5.66. The average molecular weight is 165 g/mol. The maximum Gasteiger partial charge on any atom is 0.0460 e. The van der Waals surface area contributed by atoms with Gasteiger partial charge in [-0.25, -0.2) is 5.48 Å². The van der Waals surface area contributed by atoms with Gasteiger partial charge in [-0.2, -0.15) is 0 Å². The van der Waals surface area contributed by atoms with E-state index in [4.69, 9.17) is 5.21 Å². The molecule has 12 heavy (non-hydrogen) atoms. The summed E-state index contributed by atoms with van der Waals surface area (Å²) in [6, 6.07) is 4.12. The van der Waals surface area contributed by atoms with E-state index >= 15 is 0 Å². The van der Waals surface area contributed by atoms with Crippen molar-refractivity contribution in [1.29, 1.82) is 0 Å². The van der Waals surface area contributed by atoms with Crippen LogP contribution >= 0.6 is 0 Å². The van der Waals surface area contributed by atoms with E-state index in [1.54, 1.807) is 0 Å². The van der Waals surface area contributed by atoms with Gasteiger partial charge >= 0.3 is 0 Å². The van der Waals surface area contributed by atoms with Gasteiger partial charge in [0, 0.05) is 6.54 Å². The Balaban J connectivity index is 3.08.